The fourth-order valence-corrected chi connectivity index (χ4v) is 4.04. The van der Waals surface area contributed by atoms with E-state index in [1.54, 1.807) is 7.11 Å². The molecule has 0 spiro atoms. The molecule has 2 rings (SSSR count). The number of fused-ring (bicyclic) bond motifs is 1. The summed E-state index contributed by atoms with van der Waals surface area (Å²) in [6.45, 7) is 9.98. The van der Waals surface area contributed by atoms with Crippen LogP contribution < -0.4 is 5.73 Å². The van der Waals surface area contributed by atoms with Crippen LogP contribution >= 0.6 is 0 Å². The summed E-state index contributed by atoms with van der Waals surface area (Å²) in [7, 11) is 1.65. The van der Waals surface area contributed by atoms with Gasteiger partial charge in [-0.15, -0.1) is 0 Å². The van der Waals surface area contributed by atoms with Crippen LogP contribution in [0.2, 0.25) is 0 Å². The number of ether oxygens (including phenoxy) is 2. The summed E-state index contributed by atoms with van der Waals surface area (Å²) in [4.78, 5) is 14.9. The van der Waals surface area contributed by atoms with E-state index in [2.05, 4.69) is 0 Å². The van der Waals surface area contributed by atoms with Gasteiger partial charge < -0.3 is 20.1 Å². The standard InChI is InChI=1S/C15H28N2O3/c1-6-17(10(2)9-19-5)13(18)15(16)11-7-8-20-12(11)14(15,3)4/h10-12H,6-9,16H2,1-5H3. The Balaban J connectivity index is 2.22. The maximum atomic E-state index is 13.0. The van der Waals surface area contributed by atoms with Crippen LogP contribution in [-0.4, -0.2) is 55.4 Å². The van der Waals surface area contributed by atoms with E-state index >= 15 is 0 Å². The first-order chi connectivity index (χ1) is 9.32. The van der Waals surface area contributed by atoms with E-state index in [1.165, 1.54) is 0 Å². The highest BCUT2D eigenvalue weighted by Gasteiger charge is 2.72. The maximum absolute atomic E-state index is 13.0. The van der Waals surface area contributed by atoms with Crippen LogP contribution in [-0.2, 0) is 14.3 Å². The molecule has 0 aromatic rings. The van der Waals surface area contributed by atoms with Gasteiger partial charge in [-0.2, -0.15) is 0 Å². The smallest absolute Gasteiger partial charge is 0.244 e. The molecule has 1 heterocycles. The molecule has 4 atom stereocenters. The minimum Gasteiger partial charge on any atom is -0.383 e. The molecule has 0 bridgehead atoms. The zero-order valence-corrected chi connectivity index (χ0v) is 13.3. The number of hydrogen-bond donors (Lipinski definition) is 1. The average Bonchev–Trinajstić information content (AvgIpc) is 2.86. The summed E-state index contributed by atoms with van der Waals surface area (Å²) in [5.41, 5.74) is 5.48. The van der Waals surface area contributed by atoms with Crippen LogP contribution in [0.1, 0.15) is 34.1 Å². The second-order valence-electron chi connectivity index (χ2n) is 6.67. The number of rotatable bonds is 5. The first-order valence-electron chi connectivity index (χ1n) is 7.52. The van der Waals surface area contributed by atoms with E-state index in [9.17, 15) is 4.79 Å². The monoisotopic (exact) mass is 284 g/mol. The molecular formula is C15H28N2O3. The number of carbonyl (C=O) groups is 1. The summed E-state index contributed by atoms with van der Waals surface area (Å²) < 4.78 is 10.9. The van der Waals surface area contributed by atoms with Gasteiger partial charge in [-0.1, -0.05) is 13.8 Å². The van der Waals surface area contributed by atoms with Gasteiger partial charge in [-0.25, -0.2) is 0 Å². The van der Waals surface area contributed by atoms with Gasteiger partial charge in [0.1, 0.15) is 5.54 Å². The van der Waals surface area contributed by atoms with Crippen molar-refractivity contribution in [3.05, 3.63) is 0 Å². The molecule has 5 heteroatoms. The second-order valence-corrected chi connectivity index (χ2v) is 6.67. The Hall–Kier alpha value is -0.650. The molecular weight excluding hydrogens is 256 g/mol. The molecule has 116 valence electrons. The lowest BCUT2D eigenvalue weighted by Gasteiger charge is -2.62. The van der Waals surface area contributed by atoms with E-state index in [-0.39, 0.29) is 29.4 Å². The molecule has 2 N–H and O–H groups in total. The third kappa shape index (κ3) is 1.90. The number of nitrogens with zero attached hydrogens (tertiary/aromatic N) is 1. The van der Waals surface area contributed by atoms with E-state index in [4.69, 9.17) is 15.2 Å². The van der Waals surface area contributed by atoms with E-state index in [0.717, 1.165) is 6.42 Å². The van der Waals surface area contributed by atoms with Crippen molar-refractivity contribution in [2.75, 3.05) is 26.9 Å². The second kappa shape index (κ2) is 5.28. The highest BCUT2D eigenvalue weighted by atomic mass is 16.5. The molecule has 0 aromatic carbocycles. The van der Waals surface area contributed by atoms with Crippen molar-refractivity contribution in [1.82, 2.24) is 4.90 Å². The van der Waals surface area contributed by atoms with Gasteiger partial charge in [0.15, 0.2) is 0 Å². The summed E-state index contributed by atoms with van der Waals surface area (Å²) in [5, 5.41) is 0. The normalized spacial score (nSPS) is 36.1. The highest BCUT2D eigenvalue weighted by Crippen LogP contribution is 2.58. The summed E-state index contributed by atoms with van der Waals surface area (Å²) in [6.07, 6.45) is 1.000. The Kier molecular flexibility index (Phi) is 4.15. The molecule has 2 fully saturated rings. The van der Waals surface area contributed by atoms with Crippen molar-refractivity contribution >= 4 is 5.91 Å². The summed E-state index contributed by atoms with van der Waals surface area (Å²) >= 11 is 0. The van der Waals surface area contributed by atoms with Crippen LogP contribution in [0.3, 0.4) is 0 Å². The number of nitrogens with two attached hydrogens (primary N) is 1. The predicted molar refractivity (Wildman–Crippen MR) is 77.3 cm³/mol. The van der Waals surface area contributed by atoms with Gasteiger partial charge in [0.25, 0.3) is 0 Å². The van der Waals surface area contributed by atoms with Crippen LogP contribution in [0.4, 0.5) is 0 Å². The van der Waals surface area contributed by atoms with Crippen LogP contribution in [0, 0.1) is 11.3 Å². The average molecular weight is 284 g/mol. The molecule has 0 aromatic heterocycles. The molecule has 1 saturated carbocycles. The van der Waals surface area contributed by atoms with Gasteiger partial charge in [-0.05, 0) is 20.3 Å². The first kappa shape index (κ1) is 15.7. The number of methoxy groups -OCH3 is 1. The minimum absolute atomic E-state index is 0.0371. The molecule has 0 radical (unpaired) electrons. The quantitative estimate of drug-likeness (QED) is 0.818. The van der Waals surface area contributed by atoms with Crippen molar-refractivity contribution in [2.24, 2.45) is 17.1 Å². The Morgan fingerprint density at radius 1 is 1.55 bits per heavy atom. The maximum Gasteiger partial charge on any atom is 0.244 e. The summed E-state index contributed by atoms with van der Waals surface area (Å²) in [5.74, 6) is 0.190. The molecule has 1 aliphatic heterocycles. The van der Waals surface area contributed by atoms with Gasteiger partial charge in [0.05, 0.1) is 18.8 Å². The fraction of sp³-hybridized carbons (Fsp3) is 0.933. The SMILES string of the molecule is CCN(C(=O)C1(N)C2CCOC2C1(C)C)C(C)COC. The Morgan fingerprint density at radius 3 is 2.75 bits per heavy atom. The molecule has 1 aliphatic carbocycles. The minimum atomic E-state index is -0.813. The number of likely N-dealkylation sites (N-methyl/N-ethyl adjacent to an activating group) is 1. The van der Waals surface area contributed by atoms with Crippen molar-refractivity contribution in [2.45, 2.75) is 51.8 Å². The Labute approximate surface area is 121 Å². The van der Waals surface area contributed by atoms with Gasteiger partial charge in [-0.3, -0.25) is 4.79 Å². The van der Waals surface area contributed by atoms with Crippen molar-refractivity contribution in [3.63, 3.8) is 0 Å². The fourth-order valence-electron chi connectivity index (χ4n) is 4.04. The van der Waals surface area contributed by atoms with E-state index in [1.807, 2.05) is 32.6 Å². The lowest BCUT2D eigenvalue weighted by Crippen LogP contribution is -2.80. The highest BCUT2D eigenvalue weighted by molar-refractivity contribution is 5.90. The lowest BCUT2D eigenvalue weighted by atomic mass is 9.47. The lowest BCUT2D eigenvalue weighted by molar-refractivity contribution is -0.186. The number of carbonyl (C=O) groups excluding carboxylic acids is 1. The molecule has 4 unspecified atom stereocenters. The molecule has 5 nitrogen and oxygen atoms in total. The number of hydrogen-bond acceptors (Lipinski definition) is 4. The van der Waals surface area contributed by atoms with Gasteiger partial charge in [0.2, 0.25) is 5.91 Å². The van der Waals surface area contributed by atoms with E-state index < -0.39 is 5.54 Å². The van der Waals surface area contributed by atoms with Crippen LogP contribution in [0.15, 0.2) is 0 Å². The van der Waals surface area contributed by atoms with Crippen LogP contribution in [0.25, 0.3) is 0 Å². The van der Waals surface area contributed by atoms with Gasteiger partial charge >= 0.3 is 0 Å². The summed E-state index contributed by atoms with van der Waals surface area (Å²) in [6, 6.07) is 0.0371. The Morgan fingerprint density at radius 2 is 2.20 bits per heavy atom. The zero-order chi connectivity index (χ0) is 15.1. The van der Waals surface area contributed by atoms with E-state index in [0.29, 0.717) is 19.8 Å². The van der Waals surface area contributed by atoms with Gasteiger partial charge in [0, 0.05) is 31.6 Å². The third-order valence-corrected chi connectivity index (χ3v) is 5.35. The third-order valence-electron chi connectivity index (χ3n) is 5.35. The zero-order valence-electron chi connectivity index (χ0n) is 13.3. The molecule has 20 heavy (non-hydrogen) atoms. The predicted octanol–water partition coefficient (Wildman–Crippen LogP) is 1.01. The topological polar surface area (TPSA) is 64.8 Å². The Bertz CT molecular complexity index is 385. The molecule has 2 aliphatic rings. The number of amides is 1. The molecule has 1 amide bonds. The van der Waals surface area contributed by atoms with Crippen LogP contribution in [0.5, 0.6) is 0 Å². The molecule has 1 saturated heterocycles. The first-order valence-corrected chi connectivity index (χ1v) is 7.52. The van der Waals surface area contributed by atoms with Crippen molar-refractivity contribution in [1.29, 1.82) is 0 Å². The largest absolute Gasteiger partial charge is 0.383 e. The van der Waals surface area contributed by atoms with Crippen molar-refractivity contribution in [3.8, 4) is 0 Å². The van der Waals surface area contributed by atoms with Crippen molar-refractivity contribution < 1.29 is 14.3 Å².